The molecule has 3 aromatic rings. The van der Waals surface area contributed by atoms with E-state index in [9.17, 15) is 9.59 Å². The monoisotopic (exact) mass is 465 g/mol. The van der Waals surface area contributed by atoms with E-state index in [1.54, 1.807) is 4.90 Å². The number of hydrogen-bond donors (Lipinski definition) is 1. The molecule has 0 fully saturated rings. The summed E-state index contributed by atoms with van der Waals surface area (Å²) in [6.45, 7) is 6.16. The molecule has 2 aromatic carbocycles. The second-order valence-corrected chi connectivity index (χ2v) is 9.15. The standard InChI is InChI=1S/C24H27N5O3S/c1-15(2)17-9-11-18(12-10-17)25-21(30)14-33-24-27-26-23(28(24)4)16(3)29-19-7-5-6-8-20(19)32-13-22(29)31/h5-12,15-16H,13-14H2,1-4H3,(H,25,30). The second kappa shape index (κ2) is 9.66. The van der Waals surface area contributed by atoms with Crippen LogP contribution in [-0.4, -0.2) is 38.9 Å². The molecule has 4 rings (SSSR count). The number of carbonyl (C=O) groups excluding carboxylic acids is 2. The molecule has 1 atom stereocenters. The van der Waals surface area contributed by atoms with E-state index in [4.69, 9.17) is 4.74 Å². The van der Waals surface area contributed by atoms with E-state index in [2.05, 4.69) is 29.4 Å². The summed E-state index contributed by atoms with van der Waals surface area (Å²) in [5, 5.41) is 12.1. The topological polar surface area (TPSA) is 89.3 Å². The van der Waals surface area contributed by atoms with Gasteiger partial charge in [-0.25, -0.2) is 0 Å². The minimum Gasteiger partial charge on any atom is -0.482 e. The first-order valence-electron chi connectivity index (χ1n) is 10.8. The maximum Gasteiger partial charge on any atom is 0.265 e. The number of aromatic nitrogens is 3. The van der Waals surface area contributed by atoms with Crippen LogP contribution in [0.3, 0.4) is 0 Å². The lowest BCUT2D eigenvalue weighted by Crippen LogP contribution is -2.41. The van der Waals surface area contributed by atoms with Crippen LogP contribution in [0.15, 0.2) is 53.7 Å². The quantitative estimate of drug-likeness (QED) is 0.527. The molecule has 0 bridgehead atoms. The van der Waals surface area contributed by atoms with E-state index in [1.165, 1.54) is 17.3 Å². The van der Waals surface area contributed by atoms with Crippen LogP contribution in [0, 0.1) is 0 Å². The summed E-state index contributed by atoms with van der Waals surface area (Å²) < 4.78 is 7.36. The van der Waals surface area contributed by atoms with E-state index in [0.717, 1.165) is 5.69 Å². The van der Waals surface area contributed by atoms with Crippen LogP contribution in [0.4, 0.5) is 11.4 Å². The molecule has 0 radical (unpaired) electrons. The van der Waals surface area contributed by atoms with E-state index < -0.39 is 0 Å². The van der Waals surface area contributed by atoms with Crippen molar-refractivity contribution >= 4 is 35.0 Å². The van der Waals surface area contributed by atoms with Crippen LogP contribution in [-0.2, 0) is 16.6 Å². The highest BCUT2D eigenvalue weighted by molar-refractivity contribution is 7.99. The van der Waals surface area contributed by atoms with Crippen LogP contribution >= 0.6 is 11.8 Å². The first-order valence-corrected chi connectivity index (χ1v) is 11.8. The number of rotatable bonds is 7. The number of para-hydroxylation sites is 2. The summed E-state index contributed by atoms with van der Waals surface area (Å²) in [5.41, 5.74) is 2.70. The number of thioether (sulfide) groups is 1. The molecule has 1 N–H and O–H groups in total. The van der Waals surface area contributed by atoms with Gasteiger partial charge in [-0.3, -0.25) is 14.5 Å². The Balaban J connectivity index is 1.42. The molecule has 2 heterocycles. The first-order chi connectivity index (χ1) is 15.8. The lowest BCUT2D eigenvalue weighted by Gasteiger charge is -2.33. The first kappa shape index (κ1) is 22.8. The van der Waals surface area contributed by atoms with Crippen LogP contribution in [0.5, 0.6) is 5.75 Å². The number of hydrogen-bond acceptors (Lipinski definition) is 6. The second-order valence-electron chi connectivity index (χ2n) is 8.21. The average Bonchev–Trinajstić information content (AvgIpc) is 3.18. The zero-order valence-corrected chi connectivity index (χ0v) is 19.9. The molecule has 172 valence electrons. The summed E-state index contributed by atoms with van der Waals surface area (Å²) in [6, 6.07) is 15.0. The van der Waals surface area contributed by atoms with Crippen molar-refractivity contribution in [3.63, 3.8) is 0 Å². The summed E-state index contributed by atoms with van der Waals surface area (Å²) in [4.78, 5) is 26.7. The molecule has 0 aliphatic carbocycles. The van der Waals surface area contributed by atoms with Gasteiger partial charge in [0, 0.05) is 12.7 Å². The molecule has 1 unspecified atom stereocenters. The highest BCUT2D eigenvalue weighted by Crippen LogP contribution is 2.37. The number of ether oxygens (including phenoxy) is 1. The highest BCUT2D eigenvalue weighted by atomic mass is 32.2. The highest BCUT2D eigenvalue weighted by Gasteiger charge is 2.32. The zero-order valence-electron chi connectivity index (χ0n) is 19.1. The Bertz CT molecular complexity index is 1160. The maximum atomic E-state index is 12.6. The average molecular weight is 466 g/mol. The largest absolute Gasteiger partial charge is 0.482 e. The van der Waals surface area contributed by atoms with Crippen molar-refractivity contribution in [2.75, 3.05) is 22.6 Å². The van der Waals surface area contributed by atoms with E-state index in [1.807, 2.05) is 67.1 Å². The molecule has 2 amide bonds. The van der Waals surface area contributed by atoms with Crippen molar-refractivity contribution in [3.8, 4) is 5.75 Å². The van der Waals surface area contributed by atoms with Crippen molar-refractivity contribution in [1.29, 1.82) is 0 Å². The van der Waals surface area contributed by atoms with E-state index >= 15 is 0 Å². The van der Waals surface area contributed by atoms with Gasteiger partial charge in [-0.05, 0) is 42.7 Å². The molecule has 1 aromatic heterocycles. The minimum absolute atomic E-state index is 0.0148. The Labute approximate surface area is 197 Å². The number of amides is 2. The number of carbonyl (C=O) groups is 2. The third-order valence-electron chi connectivity index (χ3n) is 5.57. The number of anilines is 2. The van der Waals surface area contributed by atoms with Gasteiger partial charge in [-0.1, -0.05) is 49.9 Å². The zero-order chi connectivity index (χ0) is 23.5. The number of fused-ring (bicyclic) bond motifs is 1. The van der Waals surface area contributed by atoms with Gasteiger partial charge in [-0.15, -0.1) is 10.2 Å². The number of benzene rings is 2. The van der Waals surface area contributed by atoms with Crippen LogP contribution in [0.1, 0.15) is 44.1 Å². The molecule has 1 aliphatic rings. The van der Waals surface area contributed by atoms with Crippen LogP contribution in [0.25, 0.3) is 0 Å². The normalized spacial score (nSPS) is 14.1. The Hall–Kier alpha value is -3.33. The fourth-order valence-corrected chi connectivity index (χ4v) is 4.47. The van der Waals surface area contributed by atoms with Gasteiger partial charge < -0.3 is 14.6 Å². The summed E-state index contributed by atoms with van der Waals surface area (Å²) in [7, 11) is 1.84. The molecular weight excluding hydrogens is 438 g/mol. The third-order valence-corrected chi connectivity index (χ3v) is 6.59. The predicted molar refractivity (Wildman–Crippen MR) is 129 cm³/mol. The molecule has 0 saturated carbocycles. The molecule has 1 aliphatic heterocycles. The molecule has 0 saturated heterocycles. The Morgan fingerprint density at radius 3 is 2.58 bits per heavy atom. The van der Waals surface area contributed by atoms with Gasteiger partial charge >= 0.3 is 0 Å². The van der Waals surface area contributed by atoms with Crippen molar-refractivity contribution in [3.05, 3.63) is 59.9 Å². The molecule has 9 heteroatoms. The van der Waals surface area contributed by atoms with E-state index in [-0.39, 0.29) is 30.2 Å². The van der Waals surface area contributed by atoms with E-state index in [0.29, 0.717) is 28.3 Å². The Kier molecular flexibility index (Phi) is 6.69. The maximum absolute atomic E-state index is 12.6. The molecular formula is C24H27N5O3S. The number of nitrogens with one attached hydrogen (secondary N) is 1. The SMILES string of the molecule is CC(C)c1ccc(NC(=O)CSc2nnc(C(C)N3C(=O)COc4ccccc43)n2C)cc1. The fourth-order valence-electron chi connectivity index (χ4n) is 3.76. The lowest BCUT2D eigenvalue weighted by atomic mass is 10.0. The van der Waals surface area contributed by atoms with Crippen molar-refractivity contribution in [1.82, 2.24) is 14.8 Å². The van der Waals surface area contributed by atoms with Crippen molar-refractivity contribution < 1.29 is 14.3 Å². The summed E-state index contributed by atoms with van der Waals surface area (Å²) in [6.07, 6.45) is 0. The summed E-state index contributed by atoms with van der Waals surface area (Å²) >= 11 is 1.30. The summed E-state index contributed by atoms with van der Waals surface area (Å²) in [5.74, 6) is 1.68. The lowest BCUT2D eigenvalue weighted by molar-refractivity contribution is -0.121. The van der Waals surface area contributed by atoms with Crippen molar-refractivity contribution in [2.24, 2.45) is 7.05 Å². The predicted octanol–water partition coefficient (Wildman–Crippen LogP) is 4.16. The number of nitrogens with zero attached hydrogens (tertiary/aromatic N) is 4. The Morgan fingerprint density at radius 1 is 1.12 bits per heavy atom. The Morgan fingerprint density at radius 2 is 1.85 bits per heavy atom. The van der Waals surface area contributed by atoms with Crippen LogP contribution in [0.2, 0.25) is 0 Å². The fraction of sp³-hybridized carbons (Fsp3) is 0.333. The van der Waals surface area contributed by atoms with Gasteiger partial charge in [0.15, 0.2) is 17.6 Å². The van der Waals surface area contributed by atoms with Gasteiger partial charge in [0.2, 0.25) is 5.91 Å². The third kappa shape index (κ3) is 4.88. The van der Waals surface area contributed by atoms with Gasteiger partial charge in [-0.2, -0.15) is 0 Å². The van der Waals surface area contributed by atoms with Crippen LogP contribution < -0.4 is 15.0 Å². The minimum atomic E-state index is -0.345. The van der Waals surface area contributed by atoms with Crippen molar-refractivity contribution in [2.45, 2.75) is 37.9 Å². The van der Waals surface area contributed by atoms with Gasteiger partial charge in [0.1, 0.15) is 5.75 Å². The molecule has 0 spiro atoms. The molecule has 8 nitrogen and oxygen atoms in total. The van der Waals surface area contributed by atoms with Gasteiger partial charge in [0.25, 0.3) is 5.91 Å². The smallest absolute Gasteiger partial charge is 0.265 e. The van der Waals surface area contributed by atoms with Gasteiger partial charge in [0.05, 0.1) is 17.5 Å². The molecule has 33 heavy (non-hydrogen) atoms.